The molecule has 0 bridgehead atoms. The van der Waals surface area contributed by atoms with Crippen LogP contribution in [0.25, 0.3) is 21.8 Å². The molecule has 0 atom stereocenters. The minimum absolute atomic E-state index is 0.0438. The number of amides is 1. The number of ether oxygens (including phenoxy) is 1. The second kappa shape index (κ2) is 11.8. The van der Waals surface area contributed by atoms with E-state index in [1.807, 2.05) is 9.62 Å². The first kappa shape index (κ1) is 28.4. The molecular weight excluding hydrogens is 581 g/mol. The first-order chi connectivity index (χ1) is 19.6. The number of anilines is 2. The van der Waals surface area contributed by atoms with Gasteiger partial charge in [0.2, 0.25) is 5.91 Å². The maximum absolute atomic E-state index is 16.0. The Bertz CT molecular complexity index is 1710. The highest BCUT2D eigenvalue weighted by atomic mass is 32.2. The molecule has 0 spiro atoms. The van der Waals surface area contributed by atoms with E-state index in [2.05, 4.69) is 15.3 Å². The molecule has 0 saturated carbocycles. The second-order valence-corrected chi connectivity index (χ2v) is 11.5. The molecule has 1 aliphatic rings. The lowest BCUT2D eigenvalue weighted by atomic mass is 10.1. The lowest BCUT2D eigenvalue weighted by Crippen LogP contribution is -2.36. The van der Waals surface area contributed by atoms with Crippen molar-refractivity contribution in [3.8, 4) is 21.8 Å². The van der Waals surface area contributed by atoms with E-state index in [1.165, 1.54) is 42.7 Å². The Morgan fingerprint density at radius 2 is 1.88 bits per heavy atom. The van der Waals surface area contributed by atoms with Gasteiger partial charge in [0.1, 0.15) is 22.4 Å². The molecule has 1 amide bonds. The third-order valence-electron chi connectivity index (χ3n) is 6.01. The van der Waals surface area contributed by atoms with Crippen LogP contribution in [0.15, 0.2) is 53.6 Å². The third kappa shape index (κ3) is 6.31. The van der Waals surface area contributed by atoms with Crippen LogP contribution in [-0.2, 0) is 26.1 Å². The van der Waals surface area contributed by atoms with E-state index < -0.39 is 38.1 Å². The highest BCUT2D eigenvalue weighted by molar-refractivity contribution is 7.92. The highest BCUT2D eigenvalue weighted by Crippen LogP contribution is 2.42. The molecule has 41 heavy (non-hydrogen) atoms. The molecule has 0 radical (unpaired) electrons. The molecule has 0 aliphatic carbocycles. The van der Waals surface area contributed by atoms with E-state index in [0.717, 1.165) is 6.07 Å². The summed E-state index contributed by atoms with van der Waals surface area (Å²) in [6.45, 7) is 3.54. The van der Waals surface area contributed by atoms with E-state index in [9.17, 15) is 22.0 Å². The normalized spacial score (nSPS) is 13.7. The average molecular weight is 605 g/mol. The molecule has 3 heterocycles. The van der Waals surface area contributed by atoms with Crippen molar-refractivity contribution in [1.82, 2.24) is 20.3 Å². The molecule has 1 aliphatic heterocycles. The van der Waals surface area contributed by atoms with Crippen molar-refractivity contribution in [1.29, 1.82) is 0 Å². The van der Waals surface area contributed by atoms with Gasteiger partial charge in [-0.1, -0.05) is 17.4 Å². The fourth-order valence-corrected chi connectivity index (χ4v) is 6.30. The quantitative estimate of drug-likeness (QED) is 0.310. The lowest BCUT2D eigenvalue weighted by Gasteiger charge is -2.26. The van der Waals surface area contributed by atoms with Crippen LogP contribution in [-0.4, -0.2) is 55.6 Å². The number of nitrogens with zero attached hydrogens (tertiary/aromatic N) is 4. The number of rotatable bonds is 8. The van der Waals surface area contributed by atoms with Gasteiger partial charge in [-0.3, -0.25) is 9.52 Å². The molecular formula is C26H23F3N6O4S2. The van der Waals surface area contributed by atoms with Gasteiger partial charge in [-0.25, -0.2) is 36.5 Å². The van der Waals surface area contributed by atoms with E-state index in [1.54, 1.807) is 6.07 Å². The fourth-order valence-electron chi connectivity index (χ4n) is 4.05. The average Bonchev–Trinajstić information content (AvgIpc) is 3.40. The van der Waals surface area contributed by atoms with Gasteiger partial charge in [0.25, 0.3) is 10.0 Å². The number of nitrogens with one attached hydrogen (secondary N) is 2. The van der Waals surface area contributed by atoms with E-state index in [-0.39, 0.29) is 23.7 Å². The number of benzene rings is 2. The van der Waals surface area contributed by atoms with Gasteiger partial charge in [0.15, 0.2) is 10.9 Å². The monoisotopic (exact) mass is 604 g/mol. The summed E-state index contributed by atoms with van der Waals surface area (Å²) in [5.74, 6) is -3.06. The van der Waals surface area contributed by atoms with Crippen molar-refractivity contribution in [3.05, 3.63) is 71.9 Å². The predicted molar refractivity (Wildman–Crippen MR) is 146 cm³/mol. The van der Waals surface area contributed by atoms with Gasteiger partial charge in [0.05, 0.1) is 41.7 Å². The number of hydrogen-bond donors (Lipinski definition) is 2. The second-order valence-electron chi connectivity index (χ2n) is 8.89. The van der Waals surface area contributed by atoms with Crippen molar-refractivity contribution < 1.29 is 31.1 Å². The highest BCUT2D eigenvalue weighted by Gasteiger charge is 2.26. The molecule has 4 aromatic rings. The zero-order chi connectivity index (χ0) is 29.1. The zero-order valence-corrected chi connectivity index (χ0v) is 23.2. The molecule has 15 heteroatoms. The Morgan fingerprint density at radius 1 is 1.10 bits per heavy atom. The molecule has 214 valence electrons. The first-order valence-electron chi connectivity index (χ1n) is 12.3. The van der Waals surface area contributed by atoms with Gasteiger partial charge in [-0.15, -0.1) is 0 Å². The van der Waals surface area contributed by atoms with Crippen LogP contribution >= 0.6 is 11.3 Å². The van der Waals surface area contributed by atoms with Crippen LogP contribution in [0.1, 0.15) is 12.7 Å². The summed E-state index contributed by atoms with van der Waals surface area (Å²) in [6.07, 6.45) is 1.51. The largest absolute Gasteiger partial charge is 0.378 e. The van der Waals surface area contributed by atoms with Gasteiger partial charge >= 0.3 is 0 Å². The van der Waals surface area contributed by atoms with Gasteiger partial charge in [-0.2, -0.15) is 0 Å². The van der Waals surface area contributed by atoms with Crippen LogP contribution in [0.4, 0.5) is 24.0 Å². The van der Waals surface area contributed by atoms with Crippen molar-refractivity contribution >= 4 is 38.1 Å². The SMILES string of the molecule is CC(=O)NCc1nccc(-c2sc(N3CCOCC3)nc2-c2cccc(NS(=O)(=O)c3cc(F)ccc3F)c2F)n1. The summed E-state index contributed by atoms with van der Waals surface area (Å²) in [4.78, 5) is 26.3. The number of hydrogen-bond acceptors (Lipinski definition) is 9. The summed E-state index contributed by atoms with van der Waals surface area (Å²) in [7, 11) is -4.68. The Kier molecular flexibility index (Phi) is 8.19. The molecule has 2 aromatic heterocycles. The maximum atomic E-state index is 16.0. The molecule has 5 rings (SSSR count). The van der Waals surface area contributed by atoms with E-state index in [4.69, 9.17) is 9.72 Å². The van der Waals surface area contributed by atoms with Crippen molar-refractivity contribution in [3.63, 3.8) is 0 Å². The minimum atomic E-state index is -4.68. The Labute approximate surface area is 237 Å². The smallest absolute Gasteiger partial charge is 0.265 e. The molecule has 10 nitrogen and oxygen atoms in total. The van der Waals surface area contributed by atoms with Crippen molar-refractivity contribution in [2.75, 3.05) is 35.9 Å². The van der Waals surface area contributed by atoms with E-state index in [0.29, 0.717) is 60.0 Å². The number of carbonyl (C=O) groups excluding carboxylic acids is 1. The van der Waals surface area contributed by atoms with Gasteiger partial charge in [0, 0.05) is 31.8 Å². The van der Waals surface area contributed by atoms with E-state index >= 15 is 4.39 Å². The van der Waals surface area contributed by atoms with Crippen LogP contribution in [0, 0.1) is 17.5 Å². The van der Waals surface area contributed by atoms with Crippen LogP contribution in [0.5, 0.6) is 0 Å². The maximum Gasteiger partial charge on any atom is 0.265 e. The van der Waals surface area contributed by atoms with Gasteiger partial charge in [-0.05, 0) is 36.4 Å². The first-order valence-corrected chi connectivity index (χ1v) is 14.6. The zero-order valence-electron chi connectivity index (χ0n) is 21.5. The van der Waals surface area contributed by atoms with Crippen molar-refractivity contribution in [2.45, 2.75) is 18.4 Å². The summed E-state index contributed by atoms with van der Waals surface area (Å²) in [5, 5.41) is 3.21. The number of aromatic nitrogens is 3. The number of morpholine rings is 1. The molecule has 2 N–H and O–H groups in total. The number of thiazole rings is 1. The molecule has 2 aromatic carbocycles. The molecule has 1 fully saturated rings. The Balaban J connectivity index is 1.58. The summed E-state index contributed by atoms with van der Waals surface area (Å²) in [5.41, 5.74) is 0.0838. The number of sulfonamides is 1. The fraction of sp³-hybridized carbons (Fsp3) is 0.231. The summed E-state index contributed by atoms with van der Waals surface area (Å²) >= 11 is 1.26. The van der Waals surface area contributed by atoms with Crippen LogP contribution in [0.2, 0.25) is 0 Å². The number of carbonyl (C=O) groups is 1. The van der Waals surface area contributed by atoms with Crippen molar-refractivity contribution in [2.24, 2.45) is 0 Å². The number of halogens is 3. The topological polar surface area (TPSA) is 126 Å². The van der Waals surface area contributed by atoms with Crippen LogP contribution < -0.4 is 14.9 Å². The summed E-state index contributed by atoms with van der Waals surface area (Å²) in [6, 6.07) is 7.59. The standard InChI is InChI=1S/C26H23F3N6O4S2/c1-15(36)31-14-22-30-8-7-20(32-22)25-24(33-26(40-25)35-9-11-39-12-10-35)17-3-2-4-19(23(17)29)34-41(37,38)21-13-16(27)5-6-18(21)28/h2-8,13,34H,9-12,14H2,1H3,(H,31,36). The molecule has 1 saturated heterocycles. The Morgan fingerprint density at radius 3 is 2.63 bits per heavy atom. The minimum Gasteiger partial charge on any atom is -0.378 e. The lowest BCUT2D eigenvalue weighted by molar-refractivity contribution is -0.119. The summed E-state index contributed by atoms with van der Waals surface area (Å²) < 4.78 is 77.0. The third-order valence-corrected chi connectivity index (χ3v) is 8.53. The predicted octanol–water partition coefficient (Wildman–Crippen LogP) is 3.96. The van der Waals surface area contributed by atoms with Gasteiger partial charge < -0.3 is 15.0 Å². The molecule has 0 unspecified atom stereocenters. The van der Waals surface area contributed by atoms with Crippen LogP contribution in [0.3, 0.4) is 0 Å². The Hall–Kier alpha value is -4.08.